The second-order valence-electron chi connectivity index (χ2n) is 5.75. The standard InChI is InChI=1S/C15H20O4S/c1-4-12-8-15(9-12,14(16)17)20(18,19)13-6-5-10(2)7-11(13)3/h5-7,12H,4,8-9H2,1-3H3,(H,16,17). The third-order valence-corrected chi connectivity index (χ3v) is 6.91. The Balaban J connectivity index is 2.51. The van der Waals surface area contributed by atoms with Crippen molar-refractivity contribution >= 4 is 15.8 Å². The Labute approximate surface area is 119 Å². The predicted molar refractivity (Wildman–Crippen MR) is 76.5 cm³/mol. The summed E-state index contributed by atoms with van der Waals surface area (Å²) >= 11 is 0. The summed E-state index contributed by atoms with van der Waals surface area (Å²) in [6.07, 6.45) is 1.25. The fourth-order valence-electron chi connectivity index (χ4n) is 2.98. The number of sulfone groups is 1. The topological polar surface area (TPSA) is 71.4 Å². The molecule has 110 valence electrons. The maximum Gasteiger partial charge on any atom is 0.325 e. The van der Waals surface area contributed by atoms with Crippen LogP contribution in [-0.2, 0) is 14.6 Å². The number of carboxylic acid groups (broad SMARTS) is 1. The first-order valence-electron chi connectivity index (χ1n) is 6.80. The van der Waals surface area contributed by atoms with Crippen LogP contribution in [0.15, 0.2) is 23.1 Å². The van der Waals surface area contributed by atoms with Crippen LogP contribution < -0.4 is 0 Å². The highest BCUT2D eigenvalue weighted by Crippen LogP contribution is 2.48. The smallest absolute Gasteiger partial charge is 0.325 e. The molecule has 1 aliphatic rings. The van der Waals surface area contributed by atoms with E-state index in [2.05, 4.69) is 0 Å². The van der Waals surface area contributed by atoms with Gasteiger partial charge < -0.3 is 5.11 Å². The number of benzene rings is 1. The average molecular weight is 296 g/mol. The van der Waals surface area contributed by atoms with E-state index in [0.717, 1.165) is 12.0 Å². The molecule has 0 aliphatic heterocycles. The van der Waals surface area contributed by atoms with Crippen LogP contribution >= 0.6 is 0 Å². The number of hydrogen-bond donors (Lipinski definition) is 1. The van der Waals surface area contributed by atoms with E-state index in [0.29, 0.717) is 5.56 Å². The van der Waals surface area contributed by atoms with Gasteiger partial charge in [0, 0.05) is 0 Å². The molecule has 1 fully saturated rings. The van der Waals surface area contributed by atoms with Crippen LogP contribution in [0.5, 0.6) is 0 Å². The first kappa shape index (κ1) is 15.0. The number of rotatable bonds is 4. The molecule has 0 radical (unpaired) electrons. The van der Waals surface area contributed by atoms with Crippen molar-refractivity contribution in [2.24, 2.45) is 5.92 Å². The van der Waals surface area contributed by atoms with Gasteiger partial charge in [-0.3, -0.25) is 4.79 Å². The summed E-state index contributed by atoms with van der Waals surface area (Å²) in [6, 6.07) is 5.02. The van der Waals surface area contributed by atoms with Gasteiger partial charge in [-0.05, 0) is 44.2 Å². The van der Waals surface area contributed by atoms with Crippen molar-refractivity contribution in [3.05, 3.63) is 29.3 Å². The highest BCUT2D eigenvalue weighted by Gasteiger charge is 2.60. The molecule has 5 heteroatoms. The Kier molecular flexibility index (Phi) is 3.67. The van der Waals surface area contributed by atoms with Gasteiger partial charge in [0.15, 0.2) is 14.6 Å². The molecule has 0 amide bonds. The van der Waals surface area contributed by atoms with Crippen LogP contribution in [0.3, 0.4) is 0 Å². The van der Waals surface area contributed by atoms with Crippen molar-refractivity contribution in [1.29, 1.82) is 0 Å². The molecule has 0 spiro atoms. The zero-order valence-corrected chi connectivity index (χ0v) is 12.8. The number of carbonyl (C=O) groups is 1. The van der Waals surface area contributed by atoms with Crippen molar-refractivity contribution in [1.82, 2.24) is 0 Å². The molecular weight excluding hydrogens is 276 g/mol. The zero-order chi connectivity index (χ0) is 15.1. The van der Waals surface area contributed by atoms with Gasteiger partial charge in [-0.25, -0.2) is 8.42 Å². The average Bonchev–Trinajstić information content (AvgIpc) is 2.26. The molecular formula is C15H20O4S. The van der Waals surface area contributed by atoms with Gasteiger partial charge in [-0.15, -0.1) is 0 Å². The molecule has 1 aromatic rings. The van der Waals surface area contributed by atoms with Crippen LogP contribution in [0.25, 0.3) is 0 Å². The SMILES string of the molecule is CCC1CC(C(=O)O)(S(=O)(=O)c2ccc(C)cc2C)C1. The minimum atomic E-state index is -3.85. The second kappa shape index (κ2) is 4.88. The summed E-state index contributed by atoms with van der Waals surface area (Å²) in [5, 5.41) is 9.46. The lowest BCUT2D eigenvalue weighted by Gasteiger charge is -2.43. The third kappa shape index (κ3) is 2.04. The Morgan fingerprint density at radius 1 is 1.35 bits per heavy atom. The Bertz CT molecular complexity index is 640. The minimum absolute atomic E-state index is 0.153. The lowest BCUT2D eigenvalue weighted by molar-refractivity contribution is -0.144. The van der Waals surface area contributed by atoms with E-state index in [-0.39, 0.29) is 23.7 Å². The first-order chi connectivity index (χ1) is 9.24. The van der Waals surface area contributed by atoms with Crippen molar-refractivity contribution in [3.8, 4) is 0 Å². The van der Waals surface area contributed by atoms with E-state index in [9.17, 15) is 18.3 Å². The molecule has 0 aromatic heterocycles. The molecule has 4 nitrogen and oxygen atoms in total. The van der Waals surface area contributed by atoms with Crippen LogP contribution in [0.1, 0.15) is 37.3 Å². The molecule has 20 heavy (non-hydrogen) atoms. The quantitative estimate of drug-likeness (QED) is 0.927. The molecule has 1 aromatic carbocycles. The molecule has 0 atom stereocenters. The number of carboxylic acids is 1. The highest BCUT2D eigenvalue weighted by atomic mass is 32.2. The number of hydrogen-bond acceptors (Lipinski definition) is 3. The second-order valence-corrected chi connectivity index (χ2v) is 7.98. The maximum absolute atomic E-state index is 12.8. The normalized spacial score (nSPS) is 26.1. The monoisotopic (exact) mass is 296 g/mol. The van der Waals surface area contributed by atoms with E-state index >= 15 is 0 Å². The van der Waals surface area contributed by atoms with Crippen molar-refractivity contribution in [2.75, 3.05) is 0 Å². The molecule has 0 unspecified atom stereocenters. The molecule has 1 aliphatic carbocycles. The van der Waals surface area contributed by atoms with Crippen molar-refractivity contribution in [2.45, 2.75) is 49.7 Å². The molecule has 2 rings (SSSR count). The van der Waals surface area contributed by atoms with E-state index < -0.39 is 20.6 Å². The molecule has 0 heterocycles. The fraction of sp³-hybridized carbons (Fsp3) is 0.533. The van der Waals surface area contributed by atoms with Gasteiger partial charge >= 0.3 is 5.97 Å². The van der Waals surface area contributed by atoms with Crippen molar-refractivity contribution < 1.29 is 18.3 Å². The fourth-order valence-corrected chi connectivity index (χ4v) is 5.27. The minimum Gasteiger partial charge on any atom is -0.480 e. The largest absolute Gasteiger partial charge is 0.480 e. The van der Waals surface area contributed by atoms with E-state index in [4.69, 9.17) is 0 Å². The van der Waals surface area contributed by atoms with Crippen LogP contribution in [0.2, 0.25) is 0 Å². The van der Waals surface area contributed by atoms with Gasteiger partial charge in [-0.2, -0.15) is 0 Å². The molecule has 0 saturated heterocycles. The molecule has 0 bridgehead atoms. The first-order valence-corrected chi connectivity index (χ1v) is 8.28. The predicted octanol–water partition coefficient (Wildman–Crippen LogP) is 2.72. The Morgan fingerprint density at radius 2 is 1.95 bits per heavy atom. The van der Waals surface area contributed by atoms with Gasteiger partial charge in [0.05, 0.1) is 4.90 Å². The van der Waals surface area contributed by atoms with E-state index in [1.54, 1.807) is 19.1 Å². The summed E-state index contributed by atoms with van der Waals surface area (Å²) in [7, 11) is -3.85. The summed E-state index contributed by atoms with van der Waals surface area (Å²) in [5.74, 6) is -1.03. The Morgan fingerprint density at radius 3 is 2.40 bits per heavy atom. The summed E-state index contributed by atoms with van der Waals surface area (Å²) in [5.41, 5.74) is 1.58. The highest BCUT2D eigenvalue weighted by molar-refractivity contribution is 7.93. The lowest BCUT2D eigenvalue weighted by Crippen LogP contribution is -2.56. The van der Waals surface area contributed by atoms with Crippen LogP contribution in [-0.4, -0.2) is 24.2 Å². The zero-order valence-electron chi connectivity index (χ0n) is 12.0. The molecule has 1 saturated carbocycles. The van der Waals surface area contributed by atoms with Gasteiger partial charge in [0.2, 0.25) is 0 Å². The van der Waals surface area contributed by atoms with Crippen molar-refractivity contribution in [3.63, 3.8) is 0 Å². The summed E-state index contributed by atoms with van der Waals surface area (Å²) in [6.45, 7) is 5.55. The Hall–Kier alpha value is -1.36. The maximum atomic E-state index is 12.8. The van der Waals surface area contributed by atoms with Gasteiger partial charge in [0.25, 0.3) is 0 Å². The number of aryl methyl sites for hydroxylation is 2. The third-order valence-electron chi connectivity index (χ3n) is 4.34. The lowest BCUT2D eigenvalue weighted by atomic mass is 9.73. The number of aliphatic carboxylic acids is 1. The molecule has 1 N–H and O–H groups in total. The van der Waals surface area contributed by atoms with Crippen LogP contribution in [0.4, 0.5) is 0 Å². The van der Waals surface area contributed by atoms with Gasteiger partial charge in [-0.1, -0.05) is 31.0 Å². The van der Waals surface area contributed by atoms with E-state index in [1.807, 2.05) is 13.8 Å². The van der Waals surface area contributed by atoms with E-state index in [1.165, 1.54) is 6.07 Å². The summed E-state index contributed by atoms with van der Waals surface area (Å²) in [4.78, 5) is 11.7. The van der Waals surface area contributed by atoms with Gasteiger partial charge in [0.1, 0.15) is 0 Å². The van der Waals surface area contributed by atoms with Crippen LogP contribution in [0, 0.1) is 19.8 Å². The summed E-state index contributed by atoms with van der Waals surface area (Å²) < 4.78 is 24.0.